The highest BCUT2D eigenvalue weighted by Gasteiger charge is 2.21. The number of hydrogen-bond donors (Lipinski definition) is 0. The van der Waals surface area contributed by atoms with E-state index in [1.165, 1.54) is 12.1 Å². The minimum Gasteiger partial charge on any atom is -0.342 e. The molecule has 0 aliphatic carbocycles. The van der Waals surface area contributed by atoms with Crippen LogP contribution in [0, 0.1) is 5.82 Å². The Morgan fingerprint density at radius 3 is 2.84 bits per heavy atom. The zero-order chi connectivity index (χ0) is 13.7. The molecule has 100 valence electrons. The van der Waals surface area contributed by atoms with Crippen LogP contribution in [0.15, 0.2) is 29.4 Å². The van der Waals surface area contributed by atoms with Crippen LogP contribution in [0.4, 0.5) is 4.39 Å². The van der Waals surface area contributed by atoms with Crippen molar-refractivity contribution in [1.29, 1.82) is 0 Å². The van der Waals surface area contributed by atoms with Crippen LogP contribution < -0.4 is 0 Å². The van der Waals surface area contributed by atoms with Crippen molar-refractivity contribution in [3.63, 3.8) is 0 Å². The lowest BCUT2D eigenvalue weighted by atomic mass is 10.0. The number of azide groups is 1. The van der Waals surface area contributed by atoms with E-state index in [9.17, 15) is 9.18 Å². The first-order chi connectivity index (χ1) is 9.19. The summed E-state index contributed by atoms with van der Waals surface area (Å²) in [6.45, 7) is 1.19. The monoisotopic (exact) mass is 262 g/mol. The Kier molecular flexibility index (Phi) is 4.36. The van der Waals surface area contributed by atoms with Crippen LogP contribution in [0.25, 0.3) is 10.4 Å². The standard InChI is InChI=1S/C13H15FN4O/c14-11-3-1-2-10(8-11)9-13(19)18-6-4-12(5-7-18)16-17-15/h1-3,8,12H,4-7,9H2. The Balaban J connectivity index is 1.89. The van der Waals surface area contributed by atoms with Crippen LogP contribution in [0.2, 0.25) is 0 Å². The SMILES string of the molecule is [N-]=[N+]=NC1CCN(C(=O)Cc2cccc(F)c2)CC1. The van der Waals surface area contributed by atoms with Crippen molar-refractivity contribution < 1.29 is 9.18 Å². The first-order valence-corrected chi connectivity index (χ1v) is 6.25. The fourth-order valence-electron chi connectivity index (χ4n) is 2.24. The minimum absolute atomic E-state index is 0.00927. The number of benzene rings is 1. The predicted octanol–water partition coefficient (Wildman–Crippen LogP) is 2.67. The van der Waals surface area contributed by atoms with E-state index >= 15 is 0 Å². The molecule has 6 heteroatoms. The molecule has 1 heterocycles. The third kappa shape index (κ3) is 3.69. The number of carbonyl (C=O) groups is 1. The Morgan fingerprint density at radius 2 is 2.21 bits per heavy atom. The molecule has 0 radical (unpaired) electrons. The molecule has 0 unspecified atom stereocenters. The molecular formula is C13H15FN4O. The van der Waals surface area contributed by atoms with Crippen LogP contribution in [-0.2, 0) is 11.2 Å². The maximum Gasteiger partial charge on any atom is 0.226 e. The molecule has 0 aromatic heterocycles. The molecule has 2 rings (SSSR count). The van der Waals surface area contributed by atoms with Gasteiger partial charge in [-0.25, -0.2) is 4.39 Å². The van der Waals surface area contributed by atoms with Gasteiger partial charge in [-0.3, -0.25) is 4.79 Å². The van der Waals surface area contributed by atoms with E-state index in [1.807, 2.05) is 0 Å². The smallest absolute Gasteiger partial charge is 0.226 e. The molecule has 19 heavy (non-hydrogen) atoms. The molecule has 5 nitrogen and oxygen atoms in total. The largest absolute Gasteiger partial charge is 0.342 e. The van der Waals surface area contributed by atoms with Crippen LogP contribution in [0.1, 0.15) is 18.4 Å². The summed E-state index contributed by atoms with van der Waals surface area (Å²) < 4.78 is 13.0. The number of hydrogen-bond acceptors (Lipinski definition) is 2. The zero-order valence-corrected chi connectivity index (χ0v) is 10.5. The Morgan fingerprint density at radius 1 is 1.47 bits per heavy atom. The molecule has 0 spiro atoms. The quantitative estimate of drug-likeness (QED) is 0.469. The van der Waals surface area contributed by atoms with E-state index < -0.39 is 0 Å². The third-order valence-electron chi connectivity index (χ3n) is 3.28. The number of nitrogens with zero attached hydrogens (tertiary/aromatic N) is 4. The summed E-state index contributed by atoms with van der Waals surface area (Å²) in [5, 5.41) is 3.67. The second-order valence-electron chi connectivity index (χ2n) is 4.62. The molecule has 1 aromatic rings. The van der Waals surface area contributed by atoms with Gasteiger partial charge in [-0.1, -0.05) is 17.2 Å². The highest BCUT2D eigenvalue weighted by molar-refractivity contribution is 5.78. The van der Waals surface area contributed by atoms with Crippen LogP contribution in [0.5, 0.6) is 0 Å². The van der Waals surface area contributed by atoms with Gasteiger partial charge in [-0.2, -0.15) is 0 Å². The number of rotatable bonds is 3. The fourth-order valence-corrected chi connectivity index (χ4v) is 2.24. The van der Waals surface area contributed by atoms with Crippen LogP contribution in [-0.4, -0.2) is 29.9 Å². The van der Waals surface area contributed by atoms with Gasteiger partial charge in [0.05, 0.1) is 6.42 Å². The lowest BCUT2D eigenvalue weighted by Gasteiger charge is -2.30. The first-order valence-electron chi connectivity index (χ1n) is 6.25. The molecule has 1 saturated heterocycles. The molecule has 1 aromatic carbocycles. The van der Waals surface area contributed by atoms with E-state index in [0.29, 0.717) is 31.5 Å². The summed E-state index contributed by atoms with van der Waals surface area (Å²) >= 11 is 0. The second kappa shape index (κ2) is 6.20. The summed E-state index contributed by atoms with van der Waals surface area (Å²) in [7, 11) is 0. The number of amides is 1. The number of likely N-dealkylation sites (tertiary alicyclic amines) is 1. The molecule has 1 fully saturated rings. The molecule has 0 bridgehead atoms. The van der Waals surface area contributed by atoms with Crippen LogP contribution in [0.3, 0.4) is 0 Å². The number of halogens is 1. The van der Waals surface area contributed by atoms with E-state index in [4.69, 9.17) is 5.53 Å². The first kappa shape index (κ1) is 13.4. The van der Waals surface area contributed by atoms with Gasteiger partial charge in [0.25, 0.3) is 0 Å². The zero-order valence-electron chi connectivity index (χ0n) is 10.5. The summed E-state index contributed by atoms with van der Waals surface area (Å²) in [4.78, 5) is 16.6. The fraction of sp³-hybridized carbons (Fsp3) is 0.462. The Bertz CT molecular complexity index is 505. The average molecular weight is 262 g/mol. The average Bonchev–Trinajstić information content (AvgIpc) is 2.40. The molecule has 1 aliphatic heterocycles. The van der Waals surface area contributed by atoms with Crippen LogP contribution >= 0.6 is 0 Å². The molecule has 1 amide bonds. The Labute approximate surface area is 110 Å². The highest BCUT2D eigenvalue weighted by atomic mass is 19.1. The van der Waals surface area contributed by atoms with Gasteiger partial charge < -0.3 is 4.90 Å². The van der Waals surface area contributed by atoms with Crippen molar-refractivity contribution in [1.82, 2.24) is 4.90 Å². The number of carbonyl (C=O) groups excluding carboxylic acids is 1. The van der Waals surface area contributed by atoms with Crippen molar-refractivity contribution in [3.05, 3.63) is 46.1 Å². The Hall–Kier alpha value is -2.07. The predicted molar refractivity (Wildman–Crippen MR) is 68.9 cm³/mol. The summed E-state index contributed by atoms with van der Waals surface area (Å²) in [5.41, 5.74) is 9.04. The normalized spacial score (nSPS) is 15.9. The van der Waals surface area contributed by atoms with E-state index in [-0.39, 0.29) is 24.2 Å². The topological polar surface area (TPSA) is 69.1 Å². The van der Waals surface area contributed by atoms with Gasteiger partial charge in [0.1, 0.15) is 5.82 Å². The maximum absolute atomic E-state index is 13.0. The van der Waals surface area contributed by atoms with Gasteiger partial charge in [0.15, 0.2) is 0 Å². The van der Waals surface area contributed by atoms with E-state index in [1.54, 1.807) is 17.0 Å². The lowest BCUT2D eigenvalue weighted by molar-refractivity contribution is -0.131. The maximum atomic E-state index is 13.0. The molecule has 0 N–H and O–H groups in total. The summed E-state index contributed by atoms with van der Waals surface area (Å²) in [6, 6.07) is 6.08. The summed E-state index contributed by atoms with van der Waals surface area (Å²) in [6.07, 6.45) is 1.60. The van der Waals surface area contributed by atoms with Crippen molar-refractivity contribution >= 4 is 5.91 Å². The van der Waals surface area contributed by atoms with Crippen molar-refractivity contribution in [3.8, 4) is 0 Å². The van der Waals surface area contributed by atoms with Crippen molar-refractivity contribution in [2.24, 2.45) is 5.11 Å². The lowest BCUT2D eigenvalue weighted by Crippen LogP contribution is -2.40. The highest BCUT2D eigenvalue weighted by Crippen LogP contribution is 2.15. The van der Waals surface area contributed by atoms with Gasteiger partial charge in [-0.05, 0) is 36.1 Å². The molecule has 0 saturated carbocycles. The van der Waals surface area contributed by atoms with Gasteiger partial charge in [-0.15, -0.1) is 0 Å². The van der Waals surface area contributed by atoms with Crippen molar-refractivity contribution in [2.45, 2.75) is 25.3 Å². The van der Waals surface area contributed by atoms with E-state index in [2.05, 4.69) is 10.0 Å². The van der Waals surface area contributed by atoms with Crippen molar-refractivity contribution in [2.75, 3.05) is 13.1 Å². The summed E-state index contributed by atoms with van der Waals surface area (Å²) in [5.74, 6) is -0.336. The van der Waals surface area contributed by atoms with E-state index in [0.717, 1.165) is 0 Å². The number of piperidine rings is 1. The van der Waals surface area contributed by atoms with Gasteiger partial charge in [0.2, 0.25) is 5.91 Å². The van der Waals surface area contributed by atoms with Gasteiger partial charge in [0, 0.05) is 24.0 Å². The molecule has 0 atom stereocenters. The van der Waals surface area contributed by atoms with Gasteiger partial charge >= 0.3 is 0 Å². The molecular weight excluding hydrogens is 247 g/mol. The molecule has 1 aliphatic rings. The minimum atomic E-state index is -0.327. The third-order valence-corrected chi connectivity index (χ3v) is 3.28. The second-order valence-corrected chi connectivity index (χ2v) is 4.62.